The predicted octanol–water partition coefficient (Wildman–Crippen LogP) is 17.7. The minimum Gasteiger partial charge on any atom is -0.310 e. The SMILES string of the molecule is c1cc(-c2ccccc2N(c2ccc(-c3ccc4c(ccc5ccccc54)c3)cc2)c2ccc(-c3cccc4c3sc3ccccc34)cc2)cc(-c2cccc3ccccc23)c1. The number of hydrogen-bond acceptors (Lipinski definition) is 2. The Labute approximate surface area is 365 Å². The quantitative estimate of drug-likeness (QED) is 0.145. The van der Waals surface area contributed by atoms with Crippen LogP contribution in [0.1, 0.15) is 0 Å². The monoisotopic (exact) mass is 805 g/mol. The number of anilines is 3. The smallest absolute Gasteiger partial charge is 0.0540 e. The topological polar surface area (TPSA) is 3.24 Å². The van der Waals surface area contributed by atoms with Crippen LogP contribution in [-0.2, 0) is 0 Å². The fourth-order valence-electron chi connectivity index (χ4n) is 9.43. The van der Waals surface area contributed by atoms with E-state index in [1.165, 1.54) is 97.0 Å². The van der Waals surface area contributed by atoms with Crippen molar-refractivity contribution in [2.24, 2.45) is 0 Å². The van der Waals surface area contributed by atoms with E-state index in [0.29, 0.717) is 0 Å². The van der Waals surface area contributed by atoms with Crippen molar-refractivity contribution in [2.75, 3.05) is 4.90 Å². The normalized spacial score (nSPS) is 11.5. The molecule has 0 aliphatic heterocycles. The van der Waals surface area contributed by atoms with E-state index in [4.69, 9.17) is 0 Å². The van der Waals surface area contributed by atoms with Gasteiger partial charge in [0.25, 0.3) is 0 Å². The lowest BCUT2D eigenvalue weighted by molar-refractivity contribution is 1.28. The van der Waals surface area contributed by atoms with Gasteiger partial charge in [-0.1, -0.05) is 188 Å². The Bertz CT molecular complexity index is 3630. The molecule has 11 aromatic carbocycles. The average Bonchev–Trinajstić information content (AvgIpc) is 3.73. The van der Waals surface area contributed by atoms with Crippen LogP contribution < -0.4 is 4.90 Å². The first-order chi connectivity index (χ1) is 30.7. The van der Waals surface area contributed by atoms with Crippen LogP contribution in [-0.4, -0.2) is 0 Å². The first kappa shape index (κ1) is 36.1. The molecular formula is C60H39NS. The second kappa shape index (κ2) is 15.0. The molecule has 62 heavy (non-hydrogen) atoms. The van der Waals surface area contributed by atoms with Crippen molar-refractivity contribution in [1.82, 2.24) is 0 Å². The molecule has 12 aromatic rings. The van der Waals surface area contributed by atoms with E-state index in [1.54, 1.807) is 0 Å². The molecule has 0 amide bonds. The van der Waals surface area contributed by atoms with E-state index < -0.39 is 0 Å². The molecular weight excluding hydrogens is 767 g/mol. The molecule has 0 aliphatic rings. The summed E-state index contributed by atoms with van der Waals surface area (Å²) in [6, 6.07) is 86.7. The highest BCUT2D eigenvalue weighted by molar-refractivity contribution is 7.26. The highest BCUT2D eigenvalue weighted by Crippen LogP contribution is 2.45. The molecule has 0 spiro atoms. The summed E-state index contributed by atoms with van der Waals surface area (Å²) in [6.45, 7) is 0. The molecule has 0 unspecified atom stereocenters. The Morgan fingerprint density at radius 3 is 1.63 bits per heavy atom. The lowest BCUT2D eigenvalue weighted by Crippen LogP contribution is -2.11. The molecule has 0 N–H and O–H groups in total. The first-order valence-electron chi connectivity index (χ1n) is 21.2. The van der Waals surface area contributed by atoms with Crippen molar-refractivity contribution < 1.29 is 0 Å². The van der Waals surface area contributed by atoms with Gasteiger partial charge in [-0.3, -0.25) is 0 Å². The van der Waals surface area contributed by atoms with Crippen LogP contribution in [0, 0.1) is 0 Å². The summed E-state index contributed by atoms with van der Waals surface area (Å²) in [4.78, 5) is 2.42. The van der Waals surface area contributed by atoms with Crippen molar-refractivity contribution in [2.45, 2.75) is 0 Å². The lowest BCUT2D eigenvalue weighted by atomic mass is 9.94. The van der Waals surface area contributed by atoms with Crippen LogP contribution in [0.2, 0.25) is 0 Å². The summed E-state index contributed by atoms with van der Waals surface area (Å²) in [5, 5.41) is 10.2. The zero-order valence-corrected chi connectivity index (χ0v) is 34.7. The summed E-state index contributed by atoms with van der Waals surface area (Å²) in [5.74, 6) is 0. The molecule has 2 heteroatoms. The molecule has 0 atom stereocenters. The zero-order valence-electron chi connectivity index (χ0n) is 33.9. The van der Waals surface area contributed by atoms with Gasteiger partial charge in [-0.25, -0.2) is 0 Å². The lowest BCUT2D eigenvalue weighted by Gasteiger charge is -2.28. The summed E-state index contributed by atoms with van der Waals surface area (Å²) in [7, 11) is 0. The average molecular weight is 806 g/mol. The number of rotatable bonds is 7. The molecule has 1 aromatic heterocycles. The van der Waals surface area contributed by atoms with Crippen molar-refractivity contribution >= 4 is 80.9 Å². The van der Waals surface area contributed by atoms with Crippen molar-refractivity contribution in [3.63, 3.8) is 0 Å². The maximum Gasteiger partial charge on any atom is 0.0540 e. The Morgan fingerprint density at radius 1 is 0.274 bits per heavy atom. The molecule has 0 saturated heterocycles. The summed E-state index contributed by atoms with van der Waals surface area (Å²) in [5.41, 5.74) is 13.0. The number of hydrogen-bond donors (Lipinski definition) is 0. The molecule has 0 radical (unpaired) electrons. The standard InChI is InChI=1S/C60H39NS/c1-3-17-50-41(12-1)14-10-21-52(50)45-15-9-16-46(39-45)54-19-5-7-24-58(54)61(49-35-30-43(31-36-49)55-22-11-23-57-56-20-6-8-25-59(56)62-60(55)57)48-33-28-40(29-34-48)44-32-37-53-47(38-44)27-26-42-13-2-4-18-51(42)53/h1-39H. The van der Waals surface area contributed by atoms with E-state index >= 15 is 0 Å². The second-order valence-corrected chi connectivity index (χ2v) is 17.1. The van der Waals surface area contributed by atoms with Crippen molar-refractivity contribution in [3.05, 3.63) is 237 Å². The van der Waals surface area contributed by atoms with Gasteiger partial charge in [0.2, 0.25) is 0 Å². The minimum atomic E-state index is 1.09. The predicted molar refractivity (Wildman–Crippen MR) is 268 cm³/mol. The maximum atomic E-state index is 2.42. The van der Waals surface area contributed by atoms with E-state index in [9.17, 15) is 0 Å². The molecule has 290 valence electrons. The number of nitrogens with zero attached hydrogens (tertiary/aromatic N) is 1. The van der Waals surface area contributed by atoms with Gasteiger partial charge in [0.05, 0.1) is 5.69 Å². The molecule has 1 nitrogen and oxygen atoms in total. The fourth-order valence-corrected chi connectivity index (χ4v) is 10.7. The van der Waals surface area contributed by atoms with Crippen LogP contribution in [0.5, 0.6) is 0 Å². The van der Waals surface area contributed by atoms with Gasteiger partial charge >= 0.3 is 0 Å². The second-order valence-electron chi connectivity index (χ2n) is 16.1. The van der Waals surface area contributed by atoms with Crippen LogP contribution >= 0.6 is 11.3 Å². The third-order valence-electron chi connectivity index (χ3n) is 12.5. The van der Waals surface area contributed by atoms with Gasteiger partial charge in [-0.05, 0) is 120 Å². The molecule has 0 saturated carbocycles. The maximum absolute atomic E-state index is 2.42. The number of para-hydroxylation sites is 1. The van der Waals surface area contributed by atoms with Crippen molar-refractivity contribution in [3.8, 4) is 44.5 Å². The van der Waals surface area contributed by atoms with Gasteiger partial charge in [0.15, 0.2) is 0 Å². The van der Waals surface area contributed by atoms with E-state index in [-0.39, 0.29) is 0 Å². The van der Waals surface area contributed by atoms with E-state index in [2.05, 4.69) is 241 Å². The van der Waals surface area contributed by atoms with Crippen LogP contribution in [0.25, 0.3) is 97.0 Å². The van der Waals surface area contributed by atoms with Gasteiger partial charge in [0, 0.05) is 37.1 Å². The number of fused-ring (bicyclic) bond motifs is 7. The van der Waals surface area contributed by atoms with Crippen LogP contribution in [0.4, 0.5) is 17.1 Å². The summed E-state index contributed by atoms with van der Waals surface area (Å²) >= 11 is 1.88. The summed E-state index contributed by atoms with van der Waals surface area (Å²) < 4.78 is 2.65. The third kappa shape index (κ3) is 6.24. The molecule has 12 rings (SSSR count). The van der Waals surface area contributed by atoms with Gasteiger partial charge in [0.1, 0.15) is 0 Å². The van der Waals surface area contributed by atoms with Gasteiger partial charge in [-0.15, -0.1) is 11.3 Å². The fraction of sp³-hybridized carbons (Fsp3) is 0. The Hall–Kier alpha value is -7.78. The Kier molecular flexibility index (Phi) is 8.76. The summed E-state index contributed by atoms with van der Waals surface area (Å²) in [6.07, 6.45) is 0. The Balaban J connectivity index is 0.976. The Morgan fingerprint density at radius 2 is 0.806 bits per heavy atom. The minimum absolute atomic E-state index is 1.09. The molecule has 0 fully saturated rings. The first-order valence-corrected chi connectivity index (χ1v) is 22.1. The number of thiophene rings is 1. The van der Waals surface area contributed by atoms with E-state index in [1.807, 2.05) is 11.3 Å². The molecule has 0 bridgehead atoms. The molecule has 1 heterocycles. The molecule has 0 aliphatic carbocycles. The van der Waals surface area contributed by atoms with Gasteiger partial charge < -0.3 is 4.90 Å². The largest absolute Gasteiger partial charge is 0.310 e. The highest BCUT2D eigenvalue weighted by Gasteiger charge is 2.19. The van der Waals surface area contributed by atoms with Crippen LogP contribution in [0.3, 0.4) is 0 Å². The number of benzene rings is 11. The van der Waals surface area contributed by atoms with E-state index in [0.717, 1.165) is 17.1 Å². The van der Waals surface area contributed by atoms with Crippen LogP contribution in [0.15, 0.2) is 237 Å². The van der Waals surface area contributed by atoms with Gasteiger partial charge in [-0.2, -0.15) is 0 Å². The van der Waals surface area contributed by atoms with Crippen molar-refractivity contribution in [1.29, 1.82) is 0 Å². The zero-order chi connectivity index (χ0) is 41.0. The highest BCUT2D eigenvalue weighted by atomic mass is 32.1. The third-order valence-corrected chi connectivity index (χ3v) is 13.7.